The van der Waals surface area contributed by atoms with Gasteiger partial charge in [0.1, 0.15) is 30.5 Å². The van der Waals surface area contributed by atoms with Gasteiger partial charge in [0, 0.05) is 0 Å². The summed E-state index contributed by atoms with van der Waals surface area (Å²) < 4.78 is 79.2. The van der Waals surface area contributed by atoms with E-state index in [4.69, 9.17) is 27.6 Å². The maximum atomic E-state index is 15.9. The predicted molar refractivity (Wildman–Crippen MR) is 151 cm³/mol. The highest BCUT2D eigenvalue weighted by atomic mass is 32.7. The van der Waals surface area contributed by atoms with Crippen LogP contribution in [0.15, 0.2) is 48.0 Å². The molecule has 3 saturated heterocycles. The lowest BCUT2D eigenvalue weighted by molar-refractivity contribution is -0.0554. The number of para-hydroxylation sites is 2. The number of halogens is 1. The molecule has 3 aromatic heterocycles. The second kappa shape index (κ2) is 11.0. The minimum absolute atomic E-state index is 0.0160. The number of H-pyrrole nitrogens is 1. The molecule has 6 heterocycles. The van der Waals surface area contributed by atoms with E-state index in [0.717, 1.165) is 12.7 Å². The number of nitrogens with one attached hydrogen (secondary N) is 1. The molecule has 0 aliphatic carbocycles. The number of hydrogen-bond acceptors (Lipinski definition) is 13. The Morgan fingerprint density at radius 3 is 2.35 bits per heavy atom. The Balaban J connectivity index is 1.17. The molecular weight excluding hydrogens is 653 g/mol. The molecule has 230 valence electrons. The monoisotopic (exact) mass is 676 g/mol. The second-order valence-corrected chi connectivity index (χ2v) is 15.7. The van der Waals surface area contributed by atoms with Gasteiger partial charge in [-0.3, -0.25) is 27.5 Å². The average molecular weight is 677 g/mol. The van der Waals surface area contributed by atoms with Crippen LogP contribution < -0.4 is 5.56 Å². The lowest BCUT2D eigenvalue weighted by atomic mass is 10.1. The number of hydrogen-bond donors (Lipinski definition) is 4. The van der Waals surface area contributed by atoms with Crippen LogP contribution in [0.25, 0.3) is 22.2 Å². The van der Waals surface area contributed by atoms with Crippen LogP contribution in [-0.4, -0.2) is 84.1 Å². The van der Waals surface area contributed by atoms with Crippen LogP contribution in [0.4, 0.5) is 4.39 Å². The van der Waals surface area contributed by atoms with Gasteiger partial charge < -0.3 is 24.1 Å². The van der Waals surface area contributed by atoms with E-state index in [0.29, 0.717) is 11.0 Å². The van der Waals surface area contributed by atoms with Crippen LogP contribution in [0.1, 0.15) is 12.5 Å². The van der Waals surface area contributed by atoms with Gasteiger partial charge in [-0.2, -0.15) is 0 Å². The Hall–Kier alpha value is -2.15. The van der Waals surface area contributed by atoms with Crippen LogP contribution in [0, 0.1) is 0 Å². The van der Waals surface area contributed by atoms with Crippen molar-refractivity contribution in [2.75, 3.05) is 13.2 Å². The lowest BCUT2D eigenvalue weighted by Crippen LogP contribution is -2.37. The van der Waals surface area contributed by atoms with Crippen molar-refractivity contribution in [3.05, 3.63) is 53.6 Å². The third-order valence-electron chi connectivity index (χ3n) is 7.28. The number of ether oxygens (including phenoxy) is 2. The second-order valence-electron chi connectivity index (χ2n) is 9.93. The molecular formula is C22H23FN6O10P2S2. The van der Waals surface area contributed by atoms with E-state index in [9.17, 15) is 19.0 Å². The van der Waals surface area contributed by atoms with Crippen molar-refractivity contribution in [3.8, 4) is 0 Å². The van der Waals surface area contributed by atoms with Crippen molar-refractivity contribution in [1.29, 1.82) is 0 Å². The highest BCUT2D eigenvalue weighted by molar-refractivity contribution is 8.44. The first-order valence-electron chi connectivity index (χ1n) is 12.8. The third kappa shape index (κ3) is 5.40. The molecule has 0 bridgehead atoms. The lowest BCUT2D eigenvalue weighted by Gasteiger charge is -2.28. The molecule has 10 unspecified atom stereocenters. The summed E-state index contributed by atoms with van der Waals surface area (Å²) in [7, 11) is 0. The van der Waals surface area contributed by atoms with E-state index in [2.05, 4.69) is 44.4 Å². The molecule has 0 spiro atoms. The maximum Gasteiger partial charge on any atom is 0.386 e. The fraction of sp³-hybridized carbons (Fsp3) is 0.455. The fourth-order valence-corrected chi connectivity index (χ4v) is 8.30. The summed E-state index contributed by atoms with van der Waals surface area (Å²) in [5, 5.41) is 11.2. The maximum absolute atomic E-state index is 15.9. The van der Waals surface area contributed by atoms with Gasteiger partial charge in [-0.25, -0.2) is 28.5 Å². The molecule has 1 aromatic carbocycles. The molecule has 3 fully saturated rings. The van der Waals surface area contributed by atoms with Crippen molar-refractivity contribution in [2.45, 2.75) is 49.1 Å². The number of aliphatic hydroxyl groups is 1. The number of aromatic nitrogens is 6. The van der Waals surface area contributed by atoms with Gasteiger partial charge in [0.15, 0.2) is 29.8 Å². The van der Waals surface area contributed by atoms with E-state index in [1.54, 1.807) is 28.8 Å². The zero-order valence-corrected chi connectivity index (χ0v) is 25.2. The first-order chi connectivity index (χ1) is 20.5. The van der Waals surface area contributed by atoms with Crippen LogP contribution in [0.5, 0.6) is 0 Å². The summed E-state index contributed by atoms with van der Waals surface area (Å²) >= 11 is 8.08. The molecule has 10 atom stereocenters. The van der Waals surface area contributed by atoms with E-state index in [1.165, 1.54) is 10.9 Å². The summed E-state index contributed by atoms with van der Waals surface area (Å²) in [6, 6.07) is 7.12. The number of imidazole rings is 2. The van der Waals surface area contributed by atoms with Crippen LogP contribution in [0.2, 0.25) is 0 Å². The minimum atomic E-state index is -4.33. The number of fused-ring (bicyclic) bond motifs is 4. The quantitative estimate of drug-likeness (QED) is 0.179. The number of aliphatic hydroxyl groups excluding tert-OH is 1. The average Bonchev–Trinajstić information content (AvgIpc) is 3.72. The predicted octanol–water partition coefficient (Wildman–Crippen LogP) is 2.56. The van der Waals surface area contributed by atoms with Gasteiger partial charge in [0.25, 0.3) is 5.56 Å². The van der Waals surface area contributed by atoms with E-state index in [1.807, 2.05) is 0 Å². The Morgan fingerprint density at radius 1 is 0.930 bits per heavy atom. The molecule has 43 heavy (non-hydrogen) atoms. The molecule has 0 amide bonds. The van der Waals surface area contributed by atoms with Gasteiger partial charge >= 0.3 is 13.6 Å². The molecule has 3 aliphatic rings. The number of nitrogens with zero attached hydrogens (tertiary/aromatic N) is 5. The van der Waals surface area contributed by atoms with Crippen molar-refractivity contribution >= 4 is 60.3 Å². The summed E-state index contributed by atoms with van der Waals surface area (Å²) in [6.45, 7) is -9.74. The summed E-state index contributed by atoms with van der Waals surface area (Å²) in [6.07, 6.45) is -7.73. The van der Waals surface area contributed by atoms with Crippen molar-refractivity contribution in [3.63, 3.8) is 0 Å². The Labute approximate surface area is 251 Å². The zero-order chi connectivity index (χ0) is 30.1. The summed E-state index contributed by atoms with van der Waals surface area (Å²) in [5.74, 6) is 0. The highest BCUT2D eigenvalue weighted by Crippen LogP contribution is 2.60. The van der Waals surface area contributed by atoms with Gasteiger partial charge in [-0.15, -0.1) is 0 Å². The standard InChI is InChI=1S/C22H23FN6O10P2S2/c23-14-17-12(36-21(14)29-9-27-15-19(29)24-7-25-20(15)31)5-34-41(33,43)39-18-13(6-35-40(32,42)38-17)37-22(16(18)30)28-8-26-10-3-1-2-4-11(10)28/h1-4,7-9,12-14,16-18,21-22,30H,5-6H2,(H,32,42)(H,33,43)(H,24,25,31). The molecule has 0 radical (unpaired) electrons. The Kier molecular flexibility index (Phi) is 7.58. The van der Waals surface area contributed by atoms with E-state index < -0.39 is 81.5 Å². The minimum Gasteiger partial charge on any atom is -0.386 e. The van der Waals surface area contributed by atoms with Crippen LogP contribution >= 0.6 is 38.1 Å². The van der Waals surface area contributed by atoms with E-state index in [-0.39, 0.29) is 11.2 Å². The van der Waals surface area contributed by atoms with Crippen molar-refractivity contribution < 1.29 is 46.2 Å². The van der Waals surface area contributed by atoms with Crippen molar-refractivity contribution in [2.24, 2.45) is 0 Å². The topological polar surface area (TPSA) is 191 Å². The Bertz CT molecular complexity index is 1840. The number of benzene rings is 1. The van der Waals surface area contributed by atoms with Gasteiger partial charge in [-0.1, -0.05) is 36.6 Å². The third-order valence-corrected chi connectivity index (χ3v) is 10.5. The first kappa shape index (κ1) is 29.6. The highest BCUT2D eigenvalue weighted by Gasteiger charge is 2.53. The number of alkyl halides is 1. The summed E-state index contributed by atoms with van der Waals surface area (Å²) in [4.78, 5) is 26.7. The fourth-order valence-electron chi connectivity index (χ4n) is 5.33. The number of aromatic amines is 1. The van der Waals surface area contributed by atoms with Crippen LogP contribution in [-0.2, 0) is 36.7 Å². The largest absolute Gasteiger partial charge is 0.386 e. The zero-order valence-electron chi connectivity index (χ0n) is 21.6. The van der Waals surface area contributed by atoms with Gasteiger partial charge in [0.2, 0.25) is 0 Å². The SMILES string of the molecule is O=c1[nH]cnc2c1ncn2C1OC2COP(=O)(S)OC3C(COP(=O)(S)OC2C1F)OC(n1cnc2ccccc21)C3O. The molecule has 16 nitrogen and oxygen atoms in total. The van der Waals surface area contributed by atoms with E-state index >= 15 is 4.39 Å². The molecule has 0 saturated carbocycles. The van der Waals surface area contributed by atoms with Crippen molar-refractivity contribution in [1.82, 2.24) is 29.1 Å². The normalized spacial score (nSPS) is 38.9. The number of thiol groups is 2. The number of rotatable bonds is 2. The van der Waals surface area contributed by atoms with Gasteiger partial charge in [-0.05, 0) is 12.1 Å². The molecule has 2 N–H and O–H groups in total. The van der Waals surface area contributed by atoms with Gasteiger partial charge in [0.05, 0.1) is 43.2 Å². The molecule has 3 aliphatic heterocycles. The Morgan fingerprint density at radius 2 is 1.58 bits per heavy atom. The molecule has 7 rings (SSSR count). The summed E-state index contributed by atoms with van der Waals surface area (Å²) in [5.41, 5.74) is 0.669. The molecule has 21 heteroatoms. The smallest absolute Gasteiger partial charge is 0.386 e. The molecule has 4 aromatic rings. The van der Waals surface area contributed by atoms with Crippen LogP contribution in [0.3, 0.4) is 0 Å². The first-order valence-corrected chi connectivity index (χ1v) is 18.2.